The van der Waals surface area contributed by atoms with Gasteiger partial charge in [0.05, 0.1) is 0 Å². The topological polar surface area (TPSA) is 32.3 Å². The molecule has 0 aliphatic rings. The fraction of sp³-hybridized carbons (Fsp3) is 0.647. The van der Waals surface area contributed by atoms with Crippen LogP contribution in [-0.2, 0) is 6.42 Å². The minimum absolute atomic E-state index is 0.350. The molecule has 0 saturated heterocycles. The first-order valence-electron chi connectivity index (χ1n) is 7.64. The van der Waals surface area contributed by atoms with E-state index in [1.165, 1.54) is 31.2 Å². The molecule has 2 heteroatoms. The Bertz CT molecular complexity index is 337. The molecule has 1 aromatic rings. The van der Waals surface area contributed by atoms with Gasteiger partial charge in [0.1, 0.15) is 5.75 Å². The molecule has 0 saturated carbocycles. The van der Waals surface area contributed by atoms with Crippen molar-refractivity contribution in [1.82, 2.24) is 5.32 Å². The zero-order chi connectivity index (χ0) is 14.1. The molecule has 0 aliphatic heterocycles. The molecular weight excluding hydrogens is 234 g/mol. The van der Waals surface area contributed by atoms with Gasteiger partial charge in [-0.1, -0.05) is 45.7 Å². The molecule has 0 aliphatic carbocycles. The lowest BCUT2D eigenvalue weighted by Gasteiger charge is -2.33. The van der Waals surface area contributed by atoms with E-state index < -0.39 is 0 Å². The van der Waals surface area contributed by atoms with Gasteiger partial charge in [-0.15, -0.1) is 0 Å². The van der Waals surface area contributed by atoms with E-state index in [-0.39, 0.29) is 0 Å². The first kappa shape index (κ1) is 16.0. The van der Waals surface area contributed by atoms with Crippen molar-refractivity contribution in [2.24, 2.45) is 5.41 Å². The van der Waals surface area contributed by atoms with Gasteiger partial charge >= 0.3 is 0 Å². The number of unbranched alkanes of at least 4 members (excludes halogenated alkanes) is 1. The molecule has 1 aromatic carbocycles. The predicted octanol–water partition coefficient (Wildman–Crippen LogP) is 4.13. The Morgan fingerprint density at radius 1 is 1.11 bits per heavy atom. The van der Waals surface area contributed by atoms with E-state index in [0.717, 1.165) is 19.5 Å². The highest BCUT2D eigenvalue weighted by Crippen LogP contribution is 2.33. The Labute approximate surface area is 118 Å². The monoisotopic (exact) mass is 263 g/mol. The SMILES string of the molecule is CCCCC(CC)(CNCC)Cc1ccc(O)cc1. The van der Waals surface area contributed by atoms with Crippen molar-refractivity contribution in [3.8, 4) is 5.75 Å². The minimum atomic E-state index is 0.350. The van der Waals surface area contributed by atoms with Crippen molar-refractivity contribution in [2.75, 3.05) is 13.1 Å². The summed E-state index contributed by atoms with van der Waals surface area (Å²) in [6, 6.07) is 7.70. The van der Waals surface area contributed by atoms with Crippen LogP contribution in [0, 0.1) is 5.41 Å². The van der Waals surface area contributed by atoms with Crippen molar-refractivity contribution < 1.29 is 5.11 Å². The molecule has 1 atom stereocenters. The second-order valence-corrected chi connectivity index (χ2v) is 5.58. The second-order valence-electron chi connectivity index (χ2n) is 5.58. The first-order valence-corrected chi connectivity index (χ1v) is 7.64. The summed E-state index contributed by atoms with van der Waals surface area (Å²) in [5, 5.41) is 12.9. The number of nitrogens with one attached hydrogen (secondary N) is 1. The van der Waals surface area contributed by atoms with Gasteiger partial charge in [0.2, 0.25) is 0 Å². The van der Waals surface area contributed by atoms with Gasteiger partial charge in [0, 0.05) is 6.54 Å². The standard InChI is InChI=1S/C17H29NO/c1-4-7-12-17(5-2,14-18-6-3)13-15-8-10-16(19)11-9-15/h8-11,18-19H,4-7,12-14H2,1-3H3. The van der Waals surface area contributed by atoms with Crippen LogP contribution in [0.1, 0.15) is 52.0 Å². The minimum Gasteiger partial charge on any atom is -0.508 e. The molecule has 0 bridgehead atoms. The third-order valence-electron chi connectivity index (χ3n) is 4.08. The number of aromatic hydroxyl groups is 1. The van der Waals surface area contributed by atoms with Crippen LogP contribution in [0.4, 0.5) is 0 Å². The van der Waals surface area contributed by atoms with Gasteiger partial charge in [-0.05, 0) is 48.9 Å². The molecule has 0 radical (unpaired) electrons. The van der Waals surface area contributed by atoms with Gasteiger partial charge in [0.15, 0.2) is 0 Å². The molecule has 2 N–H and O–H groups in total. The maximum Gasteiger partial charge on any atom is 0.115 e. The molecule has 2 nitrogen and oxygen atoms in total. The Balaban J connectivity index is 2.78. The first-order chi connectivity index (χ1) is 9.15. The van der Waals surface area contributed by atoms with Crippen molar-refractivity contribution in [1.29, 1.82) is 0 Å². The predicted molar refractivity (Wildman–Crippen MR) is 82.6 cm³/mol. The number of hydrogen-bond donors (Lipinski definition) is 2. The number of phenolic OH excluding ortho intramolecular Hbond substituents is 1. The van der Waals surface area contributed by atoms with E-state index in [1.54, 1.807) is 12.1 Å². The summed E-state index contributed by atoms with van der Waals surface area (Å²) in [5.41, 5.74) is 1.68. The number of rotatable bonds is 9. The average molecular weight is 263 g/mol. The van der Waals surface area contributed by atoms with Crippen LogP contribution < -0.4 is 5.32 Å². The Morgan fingerprint density at radius 2 is 1.79 bits per heavy atom. The molecule has 0 amide bonds. The molecule has 1 rings (SSSR count). The molecule has 0 aromatic heterocycles. The molecule has 108 valence electrons. The highest BCUT2D eigenvalue weighted by atomic mass is 16.3. The lowest BCUT2D eigenvalue weighted by Crippen LogP contribution is -2.35. The smallest absolute Gasteiger partial charge is 0.115 e. The van der Waals surface area contributed by atoms with Gasteiger partial charge < -0.3 is 10.4 Å². The Hall–Kier alpha value is -1.02. The molecule has 1 unspecified atom stereocenters. The Kier molecular flexibility index (Phi) is 6.93. The fourth-order valence-corrected chi connectivity index (χ4v) is 2.65. The van der Waals surface area contributed by atoms with Gasteiger partial charge in [-0.2, -0.15) is 0 Å². The van der Waals surface area contributed by atoms with Gasteiger partial charge in [0.25, 0.3) is 0 Å². The van der Waals surface area contributed by atoms with Crippen LogP contribution in [0.25, 0.3) is 0 Å². The van der Waals surface area contributed by atoms with E-state index in [2.05, 4.69) is 38.2 Å². The fourth-order valence-electron chi connectivity index (χ4n) is 2.65. The third kappa shape index (κ3) is 5.23. The van der Waals surface area contributed by atoms with Crippen LogP contribution in [0.15, 0.2) is 24.3 Å². The van der Waals surface area contributed by atoms with E-state index in [9.17, 15) is 5.11 Å². The summed E-state index contributed by atoms with van der Waals surface area (Å²) in [4.78, 5) is 0. The number of hydrogen-bond acceptors (Lipinski definition) is 2. The molecule has 0 heterocycles. The zero-order valence-electron chi connectivity index (χ0n) is 12.7. The lowest BCUT2D eigenvalue weighted by atomic mass is 9.75. The van der Waals surface area contributed by atoms with Crippen LogP contribution in [0.2, 0.25) is 0 Å². The van der Waals surface area contributed by atoms with E-state index in [4.69, 9.17) is 0 Å². The Morgan fingerprint density at radius 3 is 2.32 bits per heavy atom. The van der Waals surface area contributed by atoms with Crippen molar-refractivity contribution in [3.05, 3.63) is 29.8 Å². The van der Waals surface area contributed by atoms with E-state index in [0.29, 0.717) is 11.2 Å². The summed E-state index contributed by atoms with van der Waals surface area (Å²) in [6.07, 6.45) is 6.10. The van der Waals surface area contributed by atoms with Crippen LogP contribution in [-0.4, -0.2) is 18.2 Å². The maximum absolute atomic E-state index is 9.38. The zero-order valence-corrected chi connectivity index (χ0v) is 12.7. The van der Waals surface area contributed by atoms with Crippen molar-refractivity contribution in [2.45, 2.75) is 52.9 Å². The summed E-state index contributed by atoms with van der Waals surface area (Å²) in [7, 11) is 0. The molecular formula is C17H29NO. The summed E-state index contributed by atoms with van der Waals surface area (Å²) < 4.78 is 0. The van der Waals surface area contributed by atoms with Gasteiger partial charge in [-0.3, -0.25) is 0 Å². The summed E-state index contributed by atoms with van der Waals surface area (Å²) in [6.45, 7) is 8.84. The lowest BCUT2D eigenvalue weighted by molar-refractivity contribution is 0.231. The summed E-state index contributed by atoms with van der Waals surface area (Å²) >= 11 is 0. The molecule has 19 heavy (non-hydrogen) atoms. The van der Waals surface area contributed by atoms with Crippen LogP contribution in [0.5, 0.6) is 5.75 Å². The second kappa shape index (κ2) is 8.21. The summed E-state index contributed by atoms with van der Waals surface area (Å²) in [5.74, 6) is 0.353. The van der Waals surface area contributed by atoms with E-state index in [1.807, 2.05) is 0 Å². The molecule has 0 spiro atoms. The third-order valence-corrected chi connectivity index (χ3v) is 4.08. The molecule has 0 fully saturated rings. The normalized spacial score (nSPS) is 14.3. The number of benzene rings is 1. The highest BCUT2D eigenvalue weighted by molar-refractivity contribution is 5.26. The van der Waals surface area contributed by atoms with Crippen molar-refractivity contribution >= 4 is 0 Å². The average Bonchev–Trinajstić information content (AvgIpc) is 2.44. The van der Waals surface area contributed by atoms with Gasteiger partial charge in [-0.25, -0.2) is 0 Å². The van der Waals surface area contributed by atoms with Crippen LogP contribution in [0.3, 0.4) is 0 Å². The van der Waals surface area contributed by atoms with E-state index >= 15 is 0 Å². The van der Waals surface area contributed by atoms with Crippen LogP contribution >= 0.6 is 0 Å². The maximum atomic E-state index is 9.38. The van der Waals surface area contributed by atoms with Crippen molar-refractivity contribution in [3.63, 3.8) is 0 Å². The highest BCUT2D eigenvalue weighted by Gasteiger charge is 2.27. The quantitative estimate of drug-likeness (QED) is 0.702. The number of phenols is 1. The largest absolute Gasteiger partial charge is 0.508 e.